The first-order valence-corrected chi connectivity index (χ1v) is 7.02. The highest BCUT2D eigenvalue weighted by molar-refractivity contribution is 5.85. The van der Waals surface area contributed by atoms with Crippen molar-refractivity contribution in [2.24, 2.45) is 11.8 Å². The van der Waals surface area contributed by atoms with Crippen LogP contribution < -0.4 is 5.32 Å². The Morgan fingerprint density at radius 2 is 2.05 bits per heavy atom. The first kappa shape index (κ1) is 14.5. The Bertz CT molecular complexity index is 475. The molecule has 1 saturated carbocycles. The van der Waals surface area contributed by atoms with Gasteiger partial charge >= 0.3 is 5.97 Å². The summed E-state index contributed by atoms with van der Waals surface area (Å²) in [5.41, 5.74) is 0.920. The van der Waals surface area contributed by atoms with Crippen molar-refractivity contribution in [1.82, 2.24) is 10.3 Å². The van der Waals surface area contributed by atoms with Crippen LogP contribution in [0, 0.1) is 11.8 Å². The molecule has 2 N–H and O–H groups in total. The molecule has 3 atom stereocenters. The van der Waals surface area contributed by atoms with Gasteiger partial charge in [-0.2, -0.15) is 0 Å². The van der Waals surface area contributed by atoms with E-state index in [0.29, 0.717) is 12.8 Å². The van der Waals surface area contributed by atoms with Crippen LogP contribution in [-0.4, -0.2) is 22.0 Å². The third-order valence-corrected chi connectivity index (χ3v) is 3.96. The molecule has 0 saturated heterocycles. The fraction of sp³-hybridized carbons (Fsp3) is 0.533. The average molecular weight is 276 g/mol. The molecule has 2 rings (SSSR count). The minimum atomic E-state index is -0.862. The fourth-order valence-electron chi connectivity index (χ4n) is 2.78. The monoisotopic (exact) mass is 276 g/mol. The van der Waals surface area contributed by atoms with Gasteiger partial charge in [0.1, 0.15) is 0 Å². The SMILES string of the molecule is C[C@@H](NC(=O)[C@@H]1CCCC[C@@H]1C(=O)O)c1cccnc1. The van der Waals surface area contributed by atoms with Crippen molar-refractivity contribution >= 4 is 11.9 Å². The number of carboxylic acid groups (broad SMARTS) is 1. The van der Waals surface area contributed by atoms with E-state index in [1.54, 1.807) is 12.4 Å². The Hall–Kier alpha value is -1.91. The molecule has 0 aromatic carbocycles. The van der Waals surface area contributed by atoms with Gasteiger partial charge in [0.15, 0.2) is 0 Å². The molecule has 1 amide bonds. The number of carboxylic acids is 1. The number of nitrogens with zero attached hydrogens (tertiary/aromatic N) is 1. The fourth-order valence-corrected chi connectivity index (χ4v) is 2.78. The third kappa shape index (κ3) is 3.35. The van der Waals surface area contributed by atoms with E-state index in [0.717, 1.165) is 18.4 Å². The van der Waals surface area contributed by atoms with Gasteiger partial charge in [-0.05, 0) is 31.4 Å². The molecule has 0 bridgehead atoms. The summed E-state index contributed by atoms with van der Waals surface area (Å²) in [5, 5.41) is 12.1. The molecule has 0 unspecified atom stereocenters. The van der Waals surface area contributed by atoms with E-state index in [2.05, 4.69) is 10.3 Å². The van der Waals surface area contributed by atoms with Gasteiger partial charge in [-0.15, -0.1) is 0 Å². The van der Waals surface area contributed by atoms with E-state index in [1.807, 2.05) is 19.1 Å². The number of rotatable bonds is 4. The summed E-state index contributed by atoms with van der Waals surface area (Å²) in [5.74, 6) is -1.99. The normalized spacial score (nSPS) is 23.9. The maximum Gasteiger partial charge on any atom is 0.307 e. The molecule has 0 radical (unpaired) electrons. The van der Waals surface area contributed by atoms with Gasteiger partial charge in [0.2, 0.25) is 5.91 Å². The number of carbonyl (C=O) groups excluding carboxylic acids is 1. The average Bonchev–Trinajstić information content (AvgIpc) is 2.48. The molecule has 108 valence electrons. The first-order valence-electron chi connectivity index (χ1n) is 7.02. The summed E-state index contributed by atoms with van der Waals surface area (Å²) in [6.07, 6.45) is 6.44. The van der Waals surface area contributed by atoms with Gasteiger partial charge in [0.05, 0.1) is 17.9 Å². The Morgan fingerprint density at radius 1 is 1.35 bits per heavy atom. The van der Waals surface area contributed by atoms with Crippen LogP contribution >= 0.6 is 0 Å². The molecular weight excluding hydrogens is 256 g/mol. The summed E-state index contributed by atoms with van der Waals surface area (Å²) >= 11 is 0. The third-order valence-electron chi connectivity index (χ3n) is 3.96. The van der Waals surface area contributed by atoms with Gasteiger partial charge in [-0.1, -0.05) is 18.9 Å². The van der Waals surface area contributed by atoms with Crippen LogP contribution in [0.3, 0.4) is 0 Å². The van der Waals surface area contributed by atoms with Crippen molar-refractivity contribution in [2.45, 2.75) is 38.6 Å². The Balaban J connectivity index is 2.01. The molecule has 0 spiro atoms. The van der Waals surface area contributed by atoms with Crippen LogP contribution in [0.5, 0.6) is 0 Å². The van der Waals surface area contributed by atoms with Crippen molar-refractivity contribution in [1.29, 1.82) is 0 Å². The number of pyridine rings is 1. The van der Waals surface area contributed by atoms with E-state index in [4.69, 9.17) is 0 Å². The smallest absolute Gasteiger partial charge is 0.307 e. The summed E-state index contributed by atoms with van der Waals surface area (Å²) in [4.78, 5) is 27.6. The van der Waals surface area contributed by atoms with Gasteiger partial charge in [0, 0.05) is 12.4 Å². The number of aromatic nitrogens is 1. The lowest BCUT2D eigenvalue weighted by Gasteiger charge is -2.28. The van der Waals surface area contributed by atoms with Crippen LogP contribution in [0.4, 0.5) is 0 Å². The van der Waals surface area contributed by atoms with E-state index < -0.39 is 17.8 Å². The standard InChI is InChI=1S/C15H20N2O3/c1-10(11-5-4-8-16-9-11)17-14(18)12-6-2-3-7-13(12)15(19)20/h4-5,8-10,12-13H,2-3,6-7H2,1H3,(H,17,18)(H,19,20)/t10-,12-,13+/m1/s1. The second-order valence-electron chi connectivity index (χ2n) is 5.35. The van der Waals surface area contributed by atoms with Crippen LogP contribution in [0.1, 0.15) is 44.2 Å². The molecule has 5 nitrogen and oxygen atoms in total. The number of carbonyl (C=O) groups is 2. The van der Waals surface area contributed by atoms with Crippen molar-refractivity contribution in [3.05, 3.63) is 30.1 Å². The van der Waals surface area contributed by atoms with Gasteiger partial charge < -0.3 is 10.4 Å². The van der Waals surface area contributed by atoms with Gasteiger partial charge in [-0.25, -0.2) is 0 Å². The zero-order valence-electron chi connectivity index (χ0n) is 11.6. The molecule has 1 aliphatic rings. The molecule has 1 aromatic rings. The van der Waals surface area contributed by atoms with E-state index >= 15 is 0 Å². The molecule has 5 heteroatoms. The maximum absolute atomic E-state index is 12.3. The minimum Gasteiger partial charge on any atom is -0.481 e. The van der Waals surface area contributed by atoms with Crippen molar-refractivity contribution in [3.8, 4) is 0 Å². The summed E-state index contributed by atoms with van der Waals surface area (Å²) < 4.78 is 0. The number of hydrogen-bond acceptors (Lipinski definition) is 3. The van der Waals surface area contributed by atoms with Crippen molar-refractivity contribution in [3.63, 3.8) is 0 Å². The highest BCUT2D eigenvalue weighted by atomic mass is 16.4. The lowest BCUT2D eigenvalue weighted by molar-refractivity contribution is -0.149. The topological polar surface area (TPSA) is 79.3 Å². The van der Waals surface area contributed by atoms with Gasteiger partial charge in [0.25, 0.3) is 0 Å². The zero-order chi connectivity index (χ0) is 14.5. The Kier molecular flexibility index (Phi) is 4.71. The highest BCUT2D eigenvalue weighted by Gasteiger charge is 2.36. The number of nitrogens with one attached hydrogen (secondary N) is 1. The largest absolute Gasteiger partial charge is 0.481 e. The van der Waals surface area contributed by atoms with Crippen molar-refractivity contribution in [2.75, 3.05) is 0 Å². The molecule has 0 aliphatic heterocycles. The maximum atomic E-state index is 12.3. The second-order valence-corrected chi connectivity index (χ2v) is 5.35. The highest BCUT2D eigenvalue weighted by Crippen LogP contribution is 2.31. The van der Waals surface area contributed by atoms with E-state index in [1.165, 1.54) is 0 Å². The zero-order valence-corrected chi connectivity index (χ0v) is 11.6. The predicted molar refractivity (Wildman–Crippen MR) is 73.9 cm³/mol. The predicted octanol–water partition coefficient (Wildman–Crippen LogP) is 2.15. The summed E-state index contributed by atoms with van der Waals surface area (Å²) in [6, 6.07) is 3.55. The molecule has 1 aromatic heterocycles. The molecule has 1 aliphatic carbocycles. The van der Waals surface area contributed by atoms with Crippen LogP contribution in [-0.2, 0) is 9.59 Å². The lowest BCUT2D eigenvalue weighted by atomic mass is 9.78. The second kappa shape index (κ2) is 6.50. The molecular formula is C15H20N2O3. The van der Waals surface area contributed by atoms with Gasteiger partial charge in [-0.3, -0.25) is 14.6 Å². The van der Waals surface area contributed by atoms with E-state index in [9.17, 15) is 14.7 Å². The molecule has 1 heterocycles. The molecule has 1 fully saturated rings. The lowest BCUT2D eigenvalue weighted by Crippen LogP contribution is -2.40. The van der Waals surface area contributed by atoms with Crippen LogP contribution in [0.15, 0.2) is 24.5 Å². The van der Waals surface area contributed by atoms with Crippen molar-refractivity contribution < 1.29 is 14.7 Å². The molecule has 20 heavy (non-hydrogen) atoms. The van der Waals surface area contributed by atoms with E-state index in [-0.39, 0.29) is 11.9 Å². The number of hydrogen-bond donors (Lipinski definition) is 2. The minimum absolute atomic E-state index is 0.159. The summed E-state index contributed by atoms with van der Waals surface area (Å²) in [6.45, 7) is 1.88. The number of aliphatic carboxylic acids is 1. The Morgan fingerprint density at radius 3 is 2.65 bits per heavy atom. The van der Waals surface area contributed by atoms with Crippen LogP contribution in [0.25, 0.3) is 0 Å². The quantitative estimate of drug-likeness (QED) is 0.883. The summed E-state index contributed by atoms with van der Waals surface area (Å²) in [7, 11) is 0. The number of amides is 1. The first-order chi connectivity index (χ1) is 9.59. The Labute approximate surface area is 118 Å². The van der Waals surface area contributed by atoms with Crippen LogP contribution in [0.2, 0.25) is 0 Å².